The molecule has 0 aromatic carbocycles. The maximum absolute atomic E-state index is 10.7. The van der Waals surface area contributed by atoms with Crippen LogP contribution in [0.5, 0.6) is 0 Å². The van der Waals surface area contributed by atoms with Gasteiger partial charge in [-0.05, 0) is 19.3 Å². The van der Waals surface area contributed by atoms with Crippen LogP contribution < -0.4 is 0 Å². The molecule has 1 unspecified atom stereocenters. The third kappa shape index (κ3) is 2.01. The van der Waals surface area contributed by atoms with Crippen LogP contribution in [0.15, 0.2) is 0 Å². The number of hydrogen-bond acceptors (Lipinski definition) is 3. The molecule has 1 aliphatic heterocycles. The average Bonchev–Trinajstić information content (AvgIpc) is 2.30. The Bertz CT molecular complexity index is 125. The summed E-state index contributed by atoms with van der Waals surface area (Å²) in [5.74, 6) is 0. The zero-order chi connectivity index (χ0) is 8.16. The minimum atomic E-state index is -0.503. The maximum Gasteiger partial charge on any atom is 0.128 e. The van der Waals surface area contributed by atoms with Gasteiger partial charge in [-0.25, -0.2) is 0 Å². The van der Waals surface area contributed by atoms with Crippen molar-refractivity contribution in [3.8, 4) is 0 Å². The van der Waals surface area contributed by atoms with Crippen molar-refractivity contribution in [2.45, 2.75) is 19.3 Å². The van der Waals surface area contributed by atoms with Crippen LogP contribution in [0.2, 0.25) is 0 Å². The smallest absolute Gasteiger partial charge is 0.128 e. The van der Waals surface area contributed by atoms with E-state index in [-0.39, 0.29) is 6.61 Å². The minimum Gasteiger partial charge on any atom is -0.395 e. The molecule has 0 spiro atoms. The van der Waals surface area contributed by atoms with Crippen molar-refractivity contribution in [2.75, 3.05) is 19.8 Å². The highest BCUT2D eigenvalue weighted by Gasteiger charge is 2.29. The molecule has 1 rings (SSSR count). The number of aliphatic hydroxyl groups is 1. The lowest BCUT2D eigenvalue weighted by molar-refractivity contribution is -0.119. The van der Waals surface area contributed by atoms with Gasteiger partial charge in [0.2, 0.25) is 0 Å². The van der Waals surface area contributed by atoms with Gasteiger partial charge in [0, 0.05) is 13.2 Å². The summed E-state index contributed by atoms with van der Waals surface area (Å²) in [6.07, 6.45) is 3.17. The number of carbonyl (C=O) groups excluding carboxylic acids is 1. The molecule has 1 saturated heterocycles. The Hall–Kier alpha value is -0.410. The molecular weight excluding hydrogens is 144 g/mol. The van der Waals surface area contributed by atoms with Crippen molar-refractivity contribution in [2.24, 2.45) is 5.41 Å². The zero-order valence-corrected chi connectivity index (χ0v) is 6.58. The Kier molecular flexibility index (Phi) is 3.02. The molecule has 1 aliphatic rings. The summed E-state index contributed by atoms with van der Waals surface area (Å²) in [6, 6.07) is 0. The molecule has 0 aliphatic carbocycles. The molecule has 3 nitrogen and oxygen atoms in total. The van der Waals surface area contributed by atoms with E-state index in [1.807, 2.05) is 0 Å². The lowest BCUT2D eigenvalue weighted by Gasteiger charge is -2.21. The highest BCUT2D eigenvalue weighted by atomic mass is 16.5. The molecule has 0 aromatic rings. The van der Waals surface area contributed by atoms with E-state index in [1.165, 1.54) is 0 Å². The SMILES string of the molecule is O=CC1(CO)CCCOCC1. The minimum absolute atomic E-state index is 0.0418. The van der Waals surface area contributed by atoms with Crippen molar-refractivity contribution < 1.29 is 14.6 Å². The van der Waals surface area contributed by atoms with E-state index in [9.17, 15) is 4.79 Å². The summed E-state index contributed by atoms with van der Waals surface area (Å²) in [6.45, 7) is 1.27. The Morgan fingerprint density at radius 3 is 2.91 bits per heavy atom. The standard InChI is InChI=1S/C8H14O3/c9-6-8(7-10)2-1-4-11-5-3-8/h6,10H,1-5,7H2. The summed E-state index contributed by atoms with van der Waals surface area (Å²) in [7, 11) is 0. The van der Waals surface area contributed by atoms with E-state index < -0.39 is 5.41 Å². The highest BCUT2D eigenvalue weighted by molar-refractivity contribution is 5.59. The number of hydrogen-bond donors (Lipinski definition) is 1. The molecule has 0 bridgehead atoms. The van der Waals surface area contributed by atoms with Gasteiger partial charge in [0.05, 0.1) is 12.0 Å². The van der Waals surface area contributed by atoms with E-state index in [4.69, 9.17) is 9.84 Å². The number of aldehydes is 1. The molecule has 0 saturated carbocycles. The molecule has 1 heterocycles. The monoisotopic (exact) mass is 158 g/mol. The average molecular weight is 158 g/mol. The summed E-state index contributed by atoms with van der Waals surface area (Å²) in [5, 5.41) is 8.98. The third-order valence-corrected chi connectivity index (χ3v) is 2.27. The van der Waals surface area contributed by atoms with Gasteiger partial charge >= 0.3 is 0 Å². The first-order valence-electron chi connectivity index (χ1n) is 3.98. The first kappa shape index (κ1) is 8.68. The van der Waals surface area contributed by atoms with E-state index >= 15 is 0 Å². The van der Waals surface area contributed by atoms with Crippen molar-refractivity contribution in [3.63, 3.8) is 0 Å². The Balaban J connectivity index is 2.55. The first-order chi connectivity index (χ1) is 5.33. The Labute approximate surface area is 66.4 Å². The third-order valence-electron chi connectivity index (χ3n) is 2.27. The first-order valence-corrected chi connectivity index (χ1v) is 3.98. The quantitative estimate of drug-likeness (QED) is 0.590. The fourth-order valence-corrected chi connectivity index (χ4v) is 1.34. The fraction of sp³-hybridized carbons (Fsp3) is 0.875. The van der Waals surface area contributed by atoms with Crippen LogP contribution in [0.1, 0.15) is 19.3 Å². The number of rotatable bonds is 2. The molecule has 1 N–H and O–H groups in total. The van der Waals surface area contributed by atoms with E-state index in [2.05, 4.69) is 0 Å². The van der Waals surface area contributed by atoms with Gasteiger partial charge in [0.15, 0.2) is 0 Å². The van der Waals surface area contributed by atoms with Gasteiger partial charge in [-0.1, -0.05) is 0 Å². The van der Waals surface area contributed by atoms with Gasteiger partial charge in [-0.15, -0.1) is 0 Å². The lowest BCUT2D eigenvalue weighted by Crippen LogP contribution is -2.27. The second-order valence-electron chi connectivity index (χ2n) is 3.10. The molecule has 1 atom stereocenters. The highest BCUT2D eigenvalue weighted by Crippen LogP contribution is 2.27. The van der Waals surface area contributed by atoms with Gasteiger partial charge in [-0.3, -0.25) is 0 Å². The van der Waals surface area contributed by atoms with E-state index in [0.717, 1.165) is 25.7 Å². The lowest BCUT2D eigenvalue weighted by atomic mass is 9.83. The normalized spacial score (nSPS) is 32.8. The van der Waals surface area contributed by atoms with Gasteiger partial charge in [-0.2, -0.15) is 0 Å². The zero-order valence-electron chi connectivity index (χ0n) is 6.58. The number of ether oxygens (including phenoxy) is 1. The summed E-state index contributed by atoms with van der Waals surface area (Å²) < 4.78 is 5.18. The largest absolute Gasteiger partial charge is 0.395 e. The Morgan fingerprint density at radius 1 is 1.45 bits per heavy atom. The van der Waals surface area contributed by atoms with Crippen molar-refractivity contribution in [3.05, 3.63) is 0 Å². The van der Waals surface area contributed by atoms with Crippen LogP contribution >= 0.6 is 0 Å². The predicted octanol–water partition coefficient (Wildman–Crippen LogP) is 0.365. The fourth-order valence-electron chi connectivity index (χ4n) is 1.34. The van der Waals surface area contributed by atoms with Crippen LogP contribution in [-0.2, 0) is 9.53 Å². The van der Waals surface area contributed by atoms with E-state index in [0.29, 0.717) is 13.0 Å². The second-order valence-corrected chi connectivity index (χ2v) is 3.10. The second kappa shape index (κ2) is 3.83. The van der Waals surface area contributed by atoms with Crippen molar-refractivity contribution >= 4 is 6.29 Å². The number of aliphatic hydroxyl groups excluding tert-OH is 1. The van der Waals surface area contributed by atoms with Crippen LogP contribution in [0.25, 0.3) is 0 Å². The molecule has 11 heavy (non-hydrogen) atoms. The Morgan fingerprint density at radius 2 is 2.27 bits per heavy atom. The van der Waals surface area contributed by atoms with Crippen LogP contribution in [0.3, 0.4) is 0 Å². The van der Waals surface area contributed by atoms with Crippen LogP contribution in [0, 0.1) is 5.41 Å². The molecule has 64 valence electrons. The molecule has 0 amide bonds. The summed E-state index contributed by atoms with van der Waals surface area (Å²) in [4.78, 5) is 10.7. The van der Waals surface area contributed by atoms with Crippen molar-refractivity contribution in [1.29, 1.82) is 0 Å². The molecule has 0 radical (unpaired) electrons. The van der Waals surface area contributed by atoms with E-state index in [1.54, 1.807) is 0 Å². The maximum atomic E-state index is 10.7. The van der Waals surface area contributed by atoms with Gasteiger partial charge in [0.1, 0.15) is 6.29 Å². The summed E-state index contributed by atoms with van der Waals surface area (Å²) in [5.41, 5.74) is -0.503. The topological polar surface area (TPSA) is 46.5 Å². The van der Waals surface area contributed by atoms with Gasteiger partial charge in [0.25, 0.3) is 0 Å². The molecular formula is C8H14O3. The molecule has 3 heteroatoms. The van der Waals surface area contributed by atoms with Crippen LogP contribution in [-0.4, -0.2) is 31.2 Å². The number of carbonyl (C=O) groups is 1. The van der Waals surface area contributed by atoms with Crippen LogP contribution in [0.4, 0.5) is 0 Å². The summed E-state index contributed by atoms with van der Waals surface area (Å²) >= 11 is 0. The molecule has 0 aromatic heterocycles. The van der Waals surface area contributed by atoms with Crippen molar-refractivity contribution in [1.82, 2.24) is 0 Å². The molecule has 1 fully saturated rings. The predicted molar refractivity (Wildman–Crippen MR) is 40.3 cm³/mol. The van der Waals surface area contributed by atoms with Gasteiger partial charge < -0.3 is 14.6 Å².